The monoisotopic (exact) mass is 401 g/mol. The number of carbonyl (C=O) groups is 1. The Bertz CT molecular complexity index is 1010. The molecule has 0 atom stereocenters. The Hall–Kier alpha value is -2.01. The molecule has 0 spiro atoms. The van der Waals surface area contributed by atoms with Gasteiger partial charge < -0.3 is 9.47 Å². The lowest BCUT2D eigenvalue weighted by atomic mass is 9.98. The third-order valence-electron chi connectivity index (χ3n) is 5.26. The summed E-state index contributed by atoms with van der Waals surface area (Å²) < 4.78 is 12.0. The fourth-order valence-corrected chi connectivity index (χ4v) is 3.98. The van der Waals surface area contributed by atoms with Gasteiger partial charge in [-0.15, -0.1) is 0 Å². The summed E-state index contributed by atoms with van der Waals surface area (Å²) in [5, 5.41) is 0.916. The van der Waals surface area contributed by atoms with Crippen molar-refractivity contribution in [2.75, 3.05) is 6.73 Å². The minimum Gasteiger partial charge on any atom is -0.478 e. The van der Waals surface area contributed by atoms with Crippen LogP contribution in [0.25, 0.3) is 6.08 Å². The molecule has 0 amide bonds. The molecule has 27 heavy (non-hydrogen) atoms. The Kier molecular flexibility index (Phi) is 3.97. The van der Waals surface area contributed by atoms with Gasteiger partial charge in [0.1, 0.15) is 18.2 Å². The Morgan fingerprint density at radius 2 is 2.00 bits per heavy atom. The summed E-state index contributed by atoms with van der Waals surface area (Å²) in [7, 11) is 0. The van der Waals surface area contributed by atoms with Crippen molar-refractivity contribution >= 4 is 35.1 Å². The highest BCUT2D eigenvalue weighted by Crippen LogP contribution is 2.45. The minimum atomic E-state index is -0.111. The molecule has 2 heterocycles. The Labute approximate surface area is 167 Å². The van der Waals surface area contributed by atoms with Gasteiger partial charge in [-0.05, 0) is 55.2 Å². The van der Waals surface area contributed by atoms with Crippen molar-refractivity contribution in [1.29, 1.82) is 0 Å². The fraction of sp³-hybridized carbons (Fsp3) is 0.286. The van der Waals surface area contributed by atoms with Gasteiger partial charge in [-0.25, -0.2) is 0 Å². The number of rotatable bonds is 2. The van der Waals surface area contributed by atoms with Gasteiger partial charge in [-0.1, -0.05) is 29.3 Å². The summed E-state index contributed by atoms with van der Waals surface area (Å²) in [5.74, 6) is 1.63. The Morgan fingerprint density at radius 1 is 1.19 bits per heavy atom. The van der Waals surface area contributed by atoms with E-state index in [2.05, 4.69) is 4.90 Å². The van der Waals surface area contributed by atoms with E-state index in [0.717, 1.165) is 29.0 Å². The van der Waals surface area contributed by atoms with Crippen LogP contribution in [0.2, 0.25) is 10.0 Å². The SMILES string of the molecule is Cc1cc2c(c3c1C(=O)/C(=C/c1ccc(Cl)c(Cl)c1)O3)CN(C1CC1)CO2. The van der Waals surface area contributed by atoms with E-state index in [-0.39, 0.29) is 5.78 Å². The van der Waals surface area contributed by atoms with Crippen LogP contribution in [0.4, 0.5) is 0 Å². The topological polar surface area (TPSA) is 38.8 Å². The van der Waals surface area contributed by atoms with Gasteiger partial charge in [0, 0.05) is 12.6 Å². The zero-order valence-corrected chi connectivity index (χ0v) is 16.2. The van der Waals surface area contributed by atoms with Crippen molar-refractivity contribution in [3.05, 3.63) is 62.3 Å². The molecule has 0 bridgehead atoms. The van der Waals surface area contributed by atoms with Crippen molar-refractivity contribution in [2.45, 2.75) is 32.4 Å². The quantitative estimate of drug-likeness (QED) is 0.645. The molecule has 6 heteroatoms. The van der Waals surface area contributed by atoms with E-state index in [9.17, 15) is 4.79 Å². The van der Waals surface area contributed by atoms with Crippen molar-refractivity contribution < 1.29 is 14.3 Å². The average Bonchev–Trinajstić information content (AvgIpc) is 3.43. The first-order chi connectivity index (χ1) is 13.0. The number of fused-ring (bicyclic) bond motifs is 3. The molecule has 1 fully saturated rings. The van der Waals surface area contributed by atoms with Crippen molar-refractivity contribution in [2.24, 2.45) is 0 Å². The molecule has 138 valence electrons. The van der Waals surface area contributed by atoms with Gasteiger partial charge >= 0.3 is 0 Å². The summed E-state index contributed by atoms with van der Waals surface area (Å²) in [4.78, 5) is 15.3. The van der Waals surface area contributed by atoms with Gasteiger partial charge in [-0.2, -0.15) is 0 Å². The first-order valence-electron chi connectivity index (χ1n) is 8.94. The molecule has 0 aromatic heterocycles. The van der Waals surface area contributed by atoms with Crippen molar-refractivity contribution in [1.82, 2.24) is 4.90 Å². The second kappa shape index (κ2) is 6.26. The highest BCUT2D eigenvalue weighted by Gasteiger charge is 2.38. The number of benzene rings is 2. The minimum absolute atomic E-state index is 0.111. The van der Waals surface area contributed by atoms with Gasteiger partial charge in [0.15, 0.2) is 5.76 Å². The molecule has 2 aliphatic heterocycles. The molecular formula is C21H17Cl2NO3. The summed E-state index contributed by atoms with van der Waals surface area (Å²) in [6, 6.07) is 7.76. The van der Waals surface area contributed by atoms with Gasteiger partial charge in [0.05, 0.1) is 21.2 Å². The van der Waals surface area contributed by atoms with Crippen molar-refractivity contribution in [3.8, 4) is 11.5 Å². The lowest BCUT2D eigenvalue weighted by Crippen LogP contribution is -2.34. The molecule has 0 saturated heterocycles. The van der Waals surface area contributed by atoms with Crippen LogP contribution in [-0.2, 0) is 6.54 Å². The summed E-state index contributed by atoms with van der Waals surface area (Å²) in [6.45, 7) is 3.25. The second-order valence-corrected chi connectivity index (χ2v) is 8.05. The summed E-state index contributed by atoms with van der Waals surface area (Å²) in [5.41, 5.74) is 3.22. The van der Waals surface area contributed by atoms with Crippen LogP contribution in [0.5, 0.6) is 11.5 Å². The second-order valence-electron chi connectivity index (χ2n) is 7.24. The molecule has 5 rings (SSSR count). The largest absolute Gasteiger partial charge is 0.478 e. The lowest BCUT2D eigenvalue weighted by molar-refractivity contribution is 0.0867. The molecule has 0 N–H and O–H groups in total. The third kappa shape index (κ3) is 2.92. The average molecular weight is 402 g/mol. The van der Waals surface area contributed by atoms with E-state index >= 15 is 0 Å². The van der Waals surface area contributed by atoms with Crippen LogP contribution in [-0.4, -0.2) is 23.5 Å². The molecule has 1 aliphatic carbocycles. The third-order valence-corrected chi connectivity index (χ3v) is 5.99. The predicted molar refractivity (Wildman–Crippen MR) is 105 cm³/mol. The zero-order chi connectivity index (χ0) is 18.7. The Balaban J connectivity index is 1.54. The van der Waals surface area contributed by atoms with E-state index in [1.807, 2.05) is 13.0 Å². The molecule has 2 aromatic carbocycles. The van der Waals surface area contributed by atoms with E-state index in [1.165, 1.54) is 12.8 Å². The van der Waals surface area contributed by atoms with Crippen LogP contribution < -0.4 is 9.47 Å². The normalized spacial score (nSPS) is 20.3. The molecule has 4 nitrogen and oxygen atoms in total. The number of halogens is 2. The maximum Gasteiger partial charge on any atom is 0.232 e. The zero-order valence-electron chi connectivity index (χ0n) is 14.7. The highest BCUT2D eigenvalue weighted by atomic mass is 35.5. The van der Waals surface area contributed by atoms with E-state index in [4.69, 9.17) is 32.7 Å². The first kappa shape index (κ1) is 17.1. The smallest absolute Gasteiger partial charge is 0.232 e. The number of Topliss-reactive ketones (excluding diaryl/α,β-unsaturated/α-hetero) is 1. The molecule has 1 saturated carbocycles. The number of aryl methyl sites for hydroxylation is 1. The van der Waals surface area contributed by atoms with E-state index in [1.54, 1.807) is 24.3 Å². The Morgan fingerprint density at radius 3 is 2.74 bits per heavy atom. The van der Waals surface area contributed by atoms with Gasteiger partial charge in [0.25, 0.3) is 0 Å². The van der Waals surface area contributed by atoms with Crippen LogP contribution in [0, 0.1) is 6.92 Å². The number of ether oxygens (including phenoxy) is 2. The molecular weight excluding hydrogens is 385 g/mol. The fourth-order valence-electron chi connectivity index (χ4n) is 3.67. The van der Waals surface area contributed by atoms with E-state index in [0.29, 0.717) is 39.9 Å². The van der Waals surface area contributed by atoms with Gasteiger partial charge in [0.2, 0.25) is 5.78 Å². The highest BCUT2D eigenvalue weighted by molar-refractivity contribution is 6.42. The predicted octanol–water partition coefficient (Wildman–Crippen LogP) is 5.23. The van der Waals surface area contributed by atoms with Crippen LogP contribution >= 0.6 is 23.2 Å². The number of ketones is 1. The molecule has 2 aromatic rings. The number of nitrogens with zero attached hydrogens (tertiary/aromatic N) is 1. The maximum absolute atomic E-state index is 13.0. The number of allylic oxidation sites excluding steroid dienone is 1. The van der Waals surface area contributed by atoms with Crippen LogP contribution in [0.1, 0.15) is 39.9 Å². The molecule has 3 aliphatic rings. The lowest BCUT2D eigenvalue weighted by Gasteiger charge is -2.30. The summed E-state index contributed by atoms with van der Waals surface area (Å²) >= 11 is 12.1. The number of carbonyl (C=O) groups excluding carboxylic acids is 1. The number of hydrogen-bond acceptors (Lipinski definition) is 4. The van der Waals surface area contributed by atoms with E-state index < -0.39 is 0 Å². The van der Waals surface area contributed by atoms with Gasteiger partial charge in [-0.3, -0.25) is 9.69 Å². The summed E-state index contributed by atoms with van der Waals surface area (Å²) in [6.07, 6.45) is 4.11. The van der Waals surface area contributed by atoms with Crippen LogP contribution in [0.15, 0.2) is 30.0 Å². The molecule has 0 unspecified atom stereocenters. The molecule has 0 radical (unpaired) electrons. The standard InChI is InChI=1S/C21H17Cl2NO3/c1-11-6-17-14(9-24(10-26-17)13-3-4-13)21-19(11)20(25)18(27-21)8-12-2-5-15(22)16(23)7-12/h2,5-8,13H,3-4,9-10H2,1H3/b18-8-. The maximum atomic E-state index is 13.0. The number of hydrogen-bond donors (Lipinski definition) is 0. The van der Waals surface area contributed by atoms with Crippen LogP contribution in [0.3, 0.4) is 0 Å². The van der Waals surface area contributed by atoms with Crippen molar-refractivity contribution in [3.63, 3.8) is 0 Å². The first-order valence-corrected chi connectivity index (χ1v) is 9.69.